The Kier molecular flexibility index (Phi) is 6.45. The zero-order valence-corrected chi connectivity index (χ0v) is 18.0. The Morgan fingerprint density at radius 2 is 1.38 bits per heavy atom. The topological polar surface area (TPSA) is 40.6 Å². The summed E-state index contributed by atoms with van der Waals surface area (Å²) < 4.78 is 13.6. The van der Waals surface area contributed by atoms with Crippen molar-refractivity contribution in [1.82, 2.24) is 9.80 Å². The predicted octanol–water partition coefficient (Wildman–Crippen LogP) is 4.67. The highest BCUT2D eigenvalue weighted by Gasteiger charge is 2.41. The Bertz CT molecular complexity index is 1130. The van der Waals surface area contributed by atoms with Crippen LogP contribution in [0.15, 0.2) is 90.6 Å². The van der Waals surface area contributed by atoms with E-state index in [1.165, 1.54) is 17.0 Å². The van der Waals surface area contributed by atoms with Gasteiger partial charge in [-0.1, -0.05) is 72.8 Å². The molecule has 0 spiro atoms. The first-order valence-electron chi connectivity index (χ1n) is 10.8. The molecule has 0 bridgehead atoms. The molecule has 0 saturated carbocycles. The van der Waals surface area contributed by atoms with Gasteiger partial charge >= 0.3 is 0 Å². The van der Waals surface area contributed by atoms with Gasteiger partial charge in [0.25, 0.3) is 11.8 Å². The Morgan fingerprint density at radius 3 is 1.97 bits per heavy atom. The van der Waals surface area contributed by atoms with Crippen molar-refractivity contribution in [3.05, 3.63) is 113 Å². The SMILES string of the molecule is CCN(Cc1ccccc1)C1=C(c2ccc(F)cc2)C(=O)N(CCc2ccccc2)C1=O. The molecule has 1 aliphatic heterocycles. The Hall–Kier alpha value is -3.73. The van der Waals surface area contributed by atoms with E-state index in [1.807, 2.05) is 72.5 Å². The maximum atomic E-state index is 13.6. The monoisotopic (exact) mass is 428 g/mol. The fourth-order valence-electron chi connectivity index (χ4n) is 3.97. The summed E-state index contributed by atoms with van der Waals surface area (Å²) in [7, 11) is 0. The smallest absolute Gasteiger partial charge is 0.277 e. The second kappa shape index (κ2) is 9.60. The molecule has 4 nitrogen and oxygen atoms in total. The van der Waals surface area contributed by atoms with Gasteiger partial charge in [0.1, 0.15) is 11.5 Å². The summed E-state index contributed by atoms with van der Waals surface area (Å²) in [5.74, 6) is -1.02. The molecule has 1 aliphatic rings. The van der Waals surface area contributed by atoms with Gasteiger partial charge in [-0.15, -0.1) is 0 Å². The number of amides is 2. The highest BCUT2D eigenvalue weighted by molar-refractivity contribution is 6.35. The van der Waals surface area contributed by atoms with Crippen LogP contribution in [0.1, 0.15) is 23.6 Å². The second-order valence-electron chi connectivity index (χ2n) is 7.73. The molecule has 0 aliphatic carbocycles. The van der Waals surface area contributed by atoms with Crippen LogP contribution in [-0.4, -0.2) is 34.7 Å². The van der Waals surface area contributed by atoms with Gasteiger partial charge in [0.15, 0.2) is 0 Å². The highest BCUT2D eigenvalue weighted by atomic mass is 19.1. The van der Waals surface area contributed by atoms with Crippen LogP contribution >= 0.6 is 0 Å². The molecular formula is C27H25FN2O2. The van der Waals surface area contributed by atoms with E-state index in [0.29, 0.717) is 42.9 Å². The van der Waals surface area contributed by atoms with Crippen molar-refractivity contribution in [2.24, 2.45) is 0 Å². The molecule has 4 rings (SSSR count). The maximum absolute atomic E-state index is 13.6. The minimum Gasteiger partial charge on any atom is -0.362 e. The summed E-state index contributed by atoms with van der Waals surface area (Å²) in [6, 6.07) is 25.4. The van der Waals surface area contributed by atoms with E-state index in [2.05, 4.69) is 0 Å². The molecule has 3 aromatic rings. The van der Waals surface area contributed by atoms with E-state index < -0.39 is 0 Å². The first kappa shape index (κ1) is 21.5. The van der Waals surface area contributed by atoms with E-state index in [0.717, 1.165) is 11.1 Å². The van der Waals surface area contributed by atoms with Crippen LogP contribution < -0.4 is 0 Å². The number of halogens is 1. The quantitative estimate of drug-likeness (QED) is 0.490. The number of hydrogen-bond acceptors (Lipinski definition) is 3. The average molecular weight is 429 g/mol. The number of carbonyl (C=O) groups excluding carboxylic acids is 2. The molecule has 0 fully saturated rings. The molecule has 32 heavy (non-hydrogen) atoms. The minimum absolute atomic E-state index is 0.290. The molecule has 0 saturated heterocycles. The van der Waals surface area contributed by atoms with Crippen LogP contribution in [-0.2, 0) is 22.6 Å². The molecule has 0 N–H and O–H groups in total. The maximum Gasteiger partial charge on any atom is 0.277 e. The van der Waals surface area contributed by atoms with Crippen molar-refractivity contribution in [2.75, 3.05) is 13.1 Å². The largest absolute Gasteiger partial charge is 0.362 e. The Labute approximate surface area is 187 Å². The van der Waals surface area contributed by atoms with Gasteiger partial charge in [0.2, 0.25) is 0 Å². The molecule has 3 aromatic carbocycles. The Balaban J connectivity index is 1.69. The summed E-state index contributed by atoms with van der Waals surface area (Å²) >= 11 is 0. The van der Waals surface area contributed by atoms with E-state index >= 15 is 0 Å². The first-order chi connectivity index (χ1) is 15.6. The molecule has 0 radical (unpaired) electrons. The van der Waals surface area contributed by atoms with Crippen LogP contribution in [0.4, 0.5) is 4.39 Å². The summed E-state index contributed by atoms with van der Waals surface area (Å²) in [5.41, 5.74) is 3.36. The van der Waals surface area contributed by atoms with Crippen molar-refractivity contribution in [3.63, 3.8) is 0 Å². The van der Waals surface area contributed by atoms with Gasteiger partial charge in [-0.05, 0) is 42.2 Å². The van der Waals surface area contributed by atoms with Crippen LogP contribution in [0.5, 0.6) is 0 Å². The van der Waals surface area contributed by atoms with Gasteiger partial charge in [-0.3, -0.25) is 14.5 Å². The van der Waals surface area contributed by atoms with Gasteiger partial charge in [0, 0.05) is 19.6 Å². The van der Waals surface area contributed by atoms with Crippen LogP contribution in [0.3, 0.4) is 0 Å². The first-order valence-corrected chi connectivity index (χ1v) is 10.8. The van der Waals surface area contributed by atoms with Crippen molar-refractivity contribution >= 4 is 17.4 Å². The highest BCUT2D eigenvalue weighted by Crippen LogP contribution is 2.32. The number of carbonyl (C=O) groups is 2. The predicted molar refractivity (Wildman–Crippen MR) is 123 cm³/mol. The normalized spacial score (nSPS) is 13.8. The van der Waals surface area contributed by atoms with Gasteiger partial charge in [-0.2, -0.15) is 0 Å². The molecule has 0 unspecified atom stereocenters. The van der Waals surface area contributed by atoms with Crippen LogP contribution in [0.2, 0.25) is 0 Å². The lowest BCUT2D eigenvalue weighted by Crippen LogP contribution is -2.36. The lowest BCUT2D eigenvalue weighted by Gasteiger charge is -2.25. The number of likely N-dealkylation sites (N-methyl/N-ethyl adjacent to an activating group) is 1. The number of imide groups is 1. The van der Waals surface area contributed by atoms with Crippen molar-refractivity contribution in [3.8, 4) is 0 Å². The number of rotatable bonds is 8. The van der Waals surface area contributed by atoms with E-state index in [9.17, 15) is 14.0 Å². The van der Waals surface area contributed by atoms with E-state index in [1.54, 1.807) is 12.1 Å². The minimum atomic E-state index is -0.384. The van der Waals surface area contributed by atoms with E-state index in [-0.39, 0.29) is 17.6 Å². The third kappa shape index (κ3) is 4.47. The summed E-state index contributed by atoms with van der Waals surface area (Å²) in [6.45, 7) is 3.31. The molecule has 162 valence electrons. The van der Waals surface area contributed by atoms with E-state index in [4.69, 9.17) is 0 Å². The zero-order chi connectivity index (χ0) is 22.5. The molecule has 0 atom stereocenters. The zero-order valence-electron chi connectivity index (χ0n) is 18.0. The average Bonchev–Trinajstić information content (AvgIpc) is 3.07. The summed E-state index contributed by atoms with van der Waals surface area (Å²) in [5, 5.41) is 0. The Morgan fingerprint density at radius 1 is 0.781 bits per heavy atom. The molecular weight excluding hydrogens is 403 g/mol. The third-order valence-corrected chi connectivity index (χ3v) is 5.66. The lowest BCUT2D eigenvalue weighted by molar-refractivity contribution is -0.137. The van der Waals surface area contributed by atoms with Gasteiger partial charge in [-0.25, -0.2) is 4.39 Å². The van der Waals surface area contributed by atoms with Crippen molar-refractivity contribution in [1.29, 1.82) is 0 Å². The molecule has 0 aromatic heterocycles. The number of nitrogens with zero attached hydrogens (tertiary/aromatic N) is 2. The fraction of sp³-hybridized carbons (Fsp3) is 0.185. The van der Waals surface area contributed by atoms with Gasteiger partial charge in [0.05, 0.1) is 5.57 Å². The van der Waals surface area contributed by atoms with Gasteiger partial charge < -0.3 is 4.90 Å². The lowest BCUT2D eigenvalue weighted by atomic mass is 10.0. The summed E-state index contributed by atoms with van der Waals surface area (Å²) in [6.07, 6.45) is 0.576. The summed E-state index contributed by atoms with van der Waals surface area (Å²) in [4.78, 5) is 30.2. The molecule has 1 heterocycles. The number of benzene rings is 3. The van der Waals surface area contributed by atoms with Crippen molar-refractivity contribution in [2.45, 2.75) is 19.9 Å². The van der Waals surface area contributed by atoms with Crippen molar-refractivity contribution < 1.29 is 14.0 Å². The molecule has 2 amide bonds. The van der Waals surface area contributed by atoms with Crippen LogP contribution in [0.25, 0.3) is 5.57 Å². The third-order valence-electron chi connectivity index (χ3n) is 5.66. The number of hydrogen-bond donors (Lipinski definition) is 0. The second-order valence-corrected chi connectivity index (χ2v) is 7.73. The fourth-order valence-corrected chi connectivity index (χ4v) is 3.97. The van der Waals surface area contributed by atoms with Crippen LogP contribution in [0, 0.1) is 5.82 Å². The standard InChI is InChI=1S/C27H25FN2O2/c1-2-29(19-21-11-7-4-8-12-21)25-24(22-13-15-23(28)16-14-22)26(31)30(27(25)32)18-17-20-9-5-3-6-10-20/h3-16H,2,17-19H2,1H3. The molecule has 5 heteroatoms.